The van der Waals surface area contributed by atoms with Crippen molar-refractivity contribution in [2.45, 2.75) is 31.9 Å². The van der Waals surface area contributed by atoms with Gasteiger partial charge in [-0.1, -0.05) is 28.1 Å². The van der Waals surface area contributed by atoms with E-state index in [2.05, 4.69) is 15.9 Å². The van der Waals surface area contributed by atoms with Gasteiger partial charge in [-0.05, 0) is 24.6 Å². The quantitative estimate of drug-likeness (QED) is 0.924. The lowest BCUT2D eigenvalue weighted by Gasteiger charge is -2.35. The Hall–Kier alpha value is -1.07. The van der Waals surface area contributed by atoms with Crippen molar-refractivity contribution in [3.05, 3.63) is 34.3 Å². The molecule has 2 atom stereocenters. The number of aliphatic hydroxyl groups is 1. The van der Waals surface area contributed by atoms with Crippen LogP contribution in [0.3, 0.4) is 0 Å². The molecule has 2 unspecified atom stereocenters. The Balaban J connectivity index is 2.02. The summed E-state index contributed by atoms with van der Waals surface area (Å²) >= 11 is 3.40. The summed E-state index contributed by atoms with van der Waals surface area (Å²) in [6.45, 7) is 2.72. The van der Waals surface area contributed by atoms with Crippen molar-refractivity contribution in [3.8, 4) is 0 Å². The molecule has 1 amide bonds. The van der Waals surface area contributed by atoms with Gasteiger partial charge in [0.1, 0.15) is 6.10 Å². The minimum atomic E-state index is -0.292. The van der Waals surface area contributed by atoms with Gasteiger partial charge < -0.3 is 14.7 Å². The van der Waals surface area contributed by atoms with Crippen molar-refractivity contribution in [2.75, 3.05) is 13.2 Å². The smallest absolute Gasteiger partial charge is 0.410 e. The summed E-state index contributed by atoms with van der Waals surface area (Å²) in [5.41, 5.74) is 1.08. The van der Waals surface area contributed by atoms with E-state index in [1.54, 1.807) is 4.90 Å². The third-order valence-electron chi connectivity index (χ3n) is 3.46. The molecule has 1 fully saturated rings. The van der Waals surface area contributed by atoms with Gasteiger partial charge in [0.05, 0.1) is 6.04 Å². The molecule has 0 bridgehead atoms. The Morgan fingerprint density at radius 2 is 2.16 bits per heavy atom. The third kappa shape index (κ3) is 3.48. The molecule has 1 aliphatic rings. The molecule has 1 aliphatic heterocycles. The minimum Gasteiger partial charge on any atom is -0.446 e. The summed E-state index contributed by atoms with van der Waals surface area (Å²) in [5.74, 6) is 0. The van der Waals surface area contributed by atoms with Crippen LogP contribution >= 0.6 is 15.9 Å². The first-order valence-electron chi connectivity index (χ1n) is 6.45. The standard InChI is InChI=1S/C14H18BrNO3/c1-10(11-2-4-12(15)5-3-11)16-8-6-13(7-9-17)19-14(16)18/h2-5,10,13,17H,6-9H2,1H3. The maximum atomic E-state index is 12.0. The van der Waals surface area contributed by atoms with E-state index in [0.717, 1.165) is 16.5 Å². The van der Waals surface area contributed by atoms with E-state index in [0.29, 0.717) is 13.0 Å². The number of hydrogen-bond acceptors (Lipinski definition) is 3. The lowest BCUT2D eigenvalue weighted by molar-refractivity contribution is 0.00400. The zero-order valence-electron chi connectivity index (χ0n) is 10.9. The molecule has 1 heterocycles. The summed E-state index contributed by atoms with van der Waals surface area (Å²) in [6.07, 6.45) is 0.852. The molecule has 0 aromatic heterocycles. The molecule has 1 N–H and O–H groups in total. The van der Waals surface area contributed by atoms with Crippen LogP contribution in [0.4, 0.5) is 4.79 Å². The first-order chi connectivity index (χ1) is 9.11. The number of carbonyl (C=O) groups is 1. The molecular weight excluding hydrogens is 310 g/mol. The fraction of sp³-hybridized carbons (Fsp3) is 0.500. The van der Waals surface area contributed by atoms with Crippen molar-refractivity contribution in [1.29, 1.82) is 0 Å². The number of ether oxygens (including phenoxy) is 1. The van der Waals surface area contributed by atoms with Gasteiger partial charge >= 0.3 is 6.09 Å². The van der Waals surface area contributed by atoms with Crippen LogP contribution in [0.25, 0.3) is 0 Å². The number of amides is 1. The highest BCUT2D eigenvalue weighted by Crippen LogP contribution is 2.26. The van der Waals surface area contributed by atoms with Crippen LogP contribution < -0.4 is 0 Å². The predicted molar refractivity (Wildman–Crippen MR) is 75.9 cm³/mol. The second-order valence-electron chi connectivity index (χ2n) is 4.73. The molecule has 1 saturated heterocycles. The first kappa shape index (κ1) is 14.3. The first-order valence-corrected chi connectivity index (χ1v) is 7.24. The third-order valence-corrected chi connectivity index (χ3v) is 3.99. The summed E-state index contributed by atoms with van der Waals surface area (Å²) in [7, 11) is 0. The summed E-state index contributed by atoms with van der Waals surface area (Å²) in [5, 5.41) is 8.87. The zero-order chi connectivity index (χ0) is 13.8. The number of cyclic esters (lactones) is 1. The second kappa shape index (κ2) is 6.39. The van der Waals surface area contributed by atoms with Gasteiger partial charge in [-0.2, -0.15) is 0 Å². The van der Waals surface area contributed by atoms with Gasteiger partial charge in [-0.15, -0.1) is 0 Å². The fourth-order valence-corrected chi connectivity index (χ4v) is 2.53. The van der Waals surface area contributed by atoms with Crippen LogP contribution in [0, 0.1) is 0 Å². The molecule has 0 spiro atoms. The van der Waals surface area contributed by atoms with E-state index >= 15 is 0 Å². The molecule has 2 rings (SSSR count). The molecule has 1 aromatic rings. The number of benzene rings is 1. The number of rotatable bonds is 4. The molecule has 0 radical (unpaired) electrons. The highest BCUT2D eigenvalue weighted by molar-refractivity contribution is 9.10. The van der Waals surface area contributed by atoms with E-state index in [4.69, 9.17) is 9.84 Å². The molecule has 1 aromatic carbocycles. The molecule has 19 heavy (non-hydrogen) atoms. The average molecular weight is 328 g/mol. The van der Waals surface area contributed by atoms with Crippen molar-refractivity contribution in [2.24, 2.45) is 0 Å². The highest BCUT2D eigenvalue weighted by Gasteiger charge is 2.30. The van der Waals surface area contributed by atoms with Gasteiger partial charge in [0.2, 0.25) is 0 Å². The van der Waals surface area contributed by atoms with E-state index in [1.807, 2.05) is 31.2 Å². The van der Waals surface area contributed by atoms with Crippen LogP contribution in [0.1, 0.15) is 31.4 Å². The Kier molecular flexibility index (Phi) is 4.82. The maximum absolute atomic E-state index is 12.0. The molecule has 4 nitrogen and oxygen atoms in total. The number of halogens is 1. The number of nitrogens with zero attached hydrogens (tertiary/aromatic N) is 1. The van der Waals surface area contributed by atoms with Crippen LogP contribution in [0.2, 0.25) is 0 Å². The van der Waals surface area contributed by atoms with Crippen molar-refractivity contribution in [1.82, 2.24) is 4.90 Å². The van der Waals surface area contributed by atoms with Gasteiger partial charge in [0, 0.05) is 30.5 Å². The van der Waals surface area contributed by atoms with Gasteiger partial charge in [-0.3, -0.25) is 0 Å². The Labute approximate surface area is 121 Å². The number of aliphatic hydroxyl groups excluding tert-OH is 1. The Bertz CT molecular complexity index is 435. The largest absolute Gasteiger partial charge is 0.446 e. The normalized spacial score (nSPS) is 21.1. The Morgan fingerprint density at radius 1 is 1.47 bits per heavy atom. The lowest BCUT2D eigenvalue weighted by atomic mass is 10.1. The van der Waals surface area contributed by atoms with Crippen molar-refractivity contribution in [3.63, 3.8) is 0 Å². The SMILES string of the molecule is CC(c1ccc(Br)cc1)N1CCC(CCO)OC1=O. The second-order valence-corrected chi connectivity index (χ2v) is 5.64. The van der Waals surface area contributed by atoms with Gasteiger partial charge in [0.15, 0.2) is 0 Å². The van der Waals surface area contributed by atoms with Gasteiger partial charge in [-0.25, -0.2) is 4.79 Å². The predicted octanol–water partition coefficient (Wildman–Crippen LogP) is 3.10. The zero-order valence-corrected chi connectivity index (χ0v) is 12.5. The Morgan fingerprint density at radius 3 is 2.74 bits per heavy atom. The van der Waals surface area contributed by atoms with E-state index in [1.165, 1.54) is 0 Å². The van der Waals surface area contributed by atoms with E-state index < -0.39 is 0 Å². The summed E-state index contributed by atoms with van der Waals surface area (Å²) in [6, 6.07) is 7.94. The molecular formula is C14H18BrNO3. The molecule has 104 valence electrons. The molecule has 0 aliphatic carbocycles. The van der Waals surface area contributed by atoms with Crippen LogP contribution in [-0.4, -0.2) is 35.4 Å². The number of hydrogen-bond donors (Lipinski definition) is 1. The monoisotopic (exact) mass is 327 g/mol. The lowest BCUT2D eigenvalue weighted by Crippen LogP contribution is -2.43. The van der Waals surface area contributed by atoms with Crippen molar-refractivity contribution < 1.29 is 14.6 Å². The van der Waals surface area contributed by atoms with Crippen LogP contribution in [0.5, 0.6) is 0 Å². The summed E-state index contributed by atoms with van der Waals surface area (Å²) < 4.78 is 6.34. The van der Waals surface area contributed by atoms with Crippen LogP contribution in [-0.2, 0) is 4.74 Å². The fourth-order valence-electron chi connectivity index (χ4n) is 2.26. The number of carbonyl (C=O) groups excluding carboxylic acids is 1. The molecule has 0 saturated carbocycles. The highest BCUT2D eigenvalue weighted by atomic mass is 79.9. The van der Waals surface area contributed by atoms with Crippen LogP contribution in [0.15, 0.2) is 28.7 Å². The molecule has 5 heteroatoms. The maximum Gasteiger partial charge on any atom is 0.410 e. The average Bonchev–Trinajstić information content (AvgIpc) is 2.39. The van der Waals surface area contributed by atoms with Crippen molar-refractivity contribution >= 4 is 22.0 Å². The van der Waals surface area contributed by atoms with E-state index in [-0.39, 0.29) is 24.8 Å². The summed E-state index contributed by atoms with van der Waals surface area (Å²) in [4.78, 5) is 13.7. The topological polar surface area (TPSA) is 49.8 Å². The van der Waals surface area contributed by atoms with Gasteiger partial charge in [0.25, 0.3) is 0 Å². The van der Waals surface area contributed by atoms with E-state index in [9.17, 15) is 4.79 Å². The minimum absolute atomic E-state index is 0.00400.